The van der Waals surface area contributed by atoms with Crippen molar-refractivity contribution in [2.24, 2.45) is 0 Å². The number of carbonyl (C=O) groups is 1. The zero-order valence-corrected chi connectivity index (χ0v) is 14.8. The molecule has 9 nitrogen and oxygen atoms in total. The van der Waals surface area contributed by atoms with Gasteiger partial charge in [0.2, 0.25) is 0 Å². The van der Waals surface area contributed by atoms with E-state index in [9.17, 15) is 4.79 Å². The fourth-order valence-corrected chi connectivity index (χ4v) is 2.90. The molecule has 1 atom stereocenters. The number of hydrogen-bond donors (Lipinski definition) is 3. The van der Waals surface area contributed by atoms with Gasteiger partial charge in [0.1, 0.15) is 5.82 Å². The van der Waals surface area contributed by atoms with Crippen LogP contribution in [0.4, 0.5) is 0 Å². The van der Waals surface area contributed by atoms with Crippen molar-refractivity contribution in [1.29, 1.82) is 0 Å². The number of nitrogens with zero attached hydrogens (tertiary/aromatic N) is 5. The molecular formula is C16H26N8O. The molecule has 25 heavy (non-hydrogen) atoms. The second kappa shape index (κ2) is 8.21. The van der Waals surface area contributed by atoms with Gasteiger partial charge in [-0.25, -0.2) is 4.98 Å². The first-order valence-corrected chi connectivity index (χ1v) is 8.81. The van der Waals surface area contributed by atoms with Crippen LogP contribution in [0.2, 0.25) is 0 Å². The summed E-state index contributed by atoms with van der Waals surface area (Å²) in [5, 5.41) is 14.4. The van der Waals surface area contributed by atoms with E-state index in [2.05, 4.69) is 35.8 Å². The Labute approximate surface area is 147 Å². The van der Waals surface area contributed by atoms with Gasteiger partial charge < -0.3 is 15.6 Å². The summed E-state index contributed by atoms with van der Waals surface area (Å²) in [4.78, 5) is 22.3. The minimum absolute atomic E-state index is 0.160. The first kappa shape index (κ1) is 17.6. The molecule has 0 aliphatic carbocycles. The summed E-state index contributed by atoms with van der Waals surface area (Å²) < 4.78 is 1.73. The number of hydrogen-bond acceptors (Lipinski definition) is 6. The van der Waals surface area contributed by atoms with E-state index >= 15 is 0 Å². The topological polar surface area (TPSA) is 104 Å². The predicted molar refractivity (Wildman–Crippen MR) is 93.2 cm³/mol. The third-order valence-electron chi connectivity index (χ3n) is 4.39. The zero-order chi connectivity index (χ0) is 17.6. The van der Waals surface area contributed by atoms with Crippen LogP contribution in [0.5, 0.6) is 0 Å². The number of aryl methyl sites for hydroxylation is 1. The number of piperazine rings is 1. The largest absolute Gasteiger partial charge is 0.344 e. The molecule has 0 spiro atoms. The highest BCUT2D eigenvalue weighted by Crippen LogP contribution is 2.13. The highest BCUT2D eigenvalue weighted by atomic mass is 16.2. The van der Waals surface area contributed by atoms with E-state index in [1.807, 2.05) is 13.8 Å². The predicted octanol–water partition coefficient (Wildman–Crippen LogP) is 0.0959. The lowest BCUT2D eigenvalue weighted by molar-refractivity contribution is 0.0928. The maximum absolute atomic E-state index is 12.4. The number of carbonyl (C=O) groups excluding carboxylic acids is 1. The van der Waals surface area contributed by atoms with Crippen molar-refractivity contribution in [2.75, 3.05) is 32.7 Å². The van der Waals surface area contributed by atoms with Gasteiger partial charge in [0.15, 0.2) is 5.69 Å². The molecule has 1 saturated heterocycles. The number of rotatable bonds is 7. The van der Waals surface area contributed by atoms with Gasteiger partial charge in [0, 0.05) is 44.6 Å². The van der Waals surface area contributed by atoms with Gasteiger partial charge >= 0.3 is 0 Å². The molecule has 2 aromatic heterocycles. The van der Waals surface area contributed by atoms with E-state index in [4.69, 9.17) is 0 Å². The molecule has 2 aromatic rings. The molecule has 9 heteroatoms. The summed E-state index contributed by atoms with van der Waals surface area (Å²) in [5.41, 5.74) is 1.31. The van der Waals surface area contributed by atoms with E-state index in [1.54, 1.807) is 17.1 Å². The van der Waals surface area contributed by atoms with Crippen molar-refractivity contribution >= 4 is 5.91 Å². The number of aromatic nitrogens is 5. The Bertz CT molecular complexity index is 688. The molecule has 0 aromatic carbocycles. The minimum atomic E-state index is -0.227. The third-order valence-corrected chi connectivity index (χ3v) is 4.39. The van der Waals surface area contributed by atoms with Crippen LogP contribution in [0.15, 0.2) is 12.4 Å². The Hall–Kier alpha value is -2.26. The van der Waals surface area contributed by atoms with Crippen LogP contribution in [-0.4, -0.2) is 68.5 Å². The van der Waals surface area contributed by atoms with Crippen molar-refractivity contribution in [3.63, 3.8) is 0 Å². The lowest BCUT2D eigenvalue weighted by Gasteiger charge is -2.26. The van der Waals surface area contributed by atoms with Crippen molar-refractivity contribution in [1.82, 2.24) is 40.5 Å². The smallest absolute Gasteiger partial charge is 0.274 e. The molecular weight excluding hydrogens is 320 g/mol. The normalized spacial score (nSPS) is 16.7. The summed E-state index contributed by atoms with van der Waals surface area (Å²) in [6, 6.07) is -0.160. The number of imidazole rings is 1. The first-order chi connectivity index (χ1) is 12.2. The summed E-state index contributed by atoms with van der Waals surface area (Å²) in [7, 11) is 0. The van der Waals surface area contributed by atoms with Gasteiger partial charge in [-0.2, -0.15) is 0 Å². The third kappa shape index (κ3) is 4.64. The van der Waals surface area contributed by atoms with Crippen LogP contribution in [0.3, 0.4) is 0 Å². The molecule has 3 rings (SSSR count). The molecule has 3 heterocycles. The van der Waals surface area contributed by atoms with Crippen LogP contribution < -0.4 is 10.6 Å². The second-order valence-electron chi connectivity index (χ2n) is 6.34. The van der Waals surface area contributed by atoms with Gasteiger partial charge in [0.05, 0.1) is 18.8 Å². The molecule has 136 valence electrons. The highest BCUT2D eigenvalue weighted by Gasteiger charge is 2.19. The molecule has 0 unspecified atom stereocenters. The number of H-pyrrole nitrogens is 1. The van der Waals surface area contributed by atoms with Crippen molar-refractivity contribution in [3.8, 4) is 0 Å². The molecule has 3 N–H and O–H groups in total. The molecule has 1 fully saturated rings. The van der Waals surface area contributed by atoms with Crippen LogP contribution in [-0.2, 0) is 6.54 Å². The quantitative estimate of drug-likeness (QED) is 0.657. The van der Waals surface area contributed by atoms with Gasteiger partial charge in [-0.15, -0.1) is 5.10 Å². The van der Waals surface area contributed by atoms with Crippen LogP contribution in [0.1, 0.15) is 41.4 Å². The molecule has 1 aliphatic heterocycles. The van der Waals surface area contributed by atoms with E-state index in [0.717, 1.165) is 57.2 Å². The van der Waals surface area contributed by atoms with Crippen LogP contribution in [0.25, 0.3) is 0 Å². The molecule has 1 amide bonds. The zero-order valence-electron chi connectivity index (χ0n) is 14.8. The second-order valence-corrected chi connectivity index (χ2v) is 6.34. The van der Waals surface area contributed by atoms with E-state index in [0.29, 0.717) is 5.69 Å². The number of nitrogens with one attached hydrogen (secondary N) is 3. The number of amides is 1. The Morgan fingerprint density at radius 1 is 1.36 bits per heavy atom. The minimum Gasteiger partial charge on any atom is -0.344 e. The Morgan fingerprint density at radius 3 is 2.84 bits per heavy atom. The van der Waals surface area contributed by atoms with Gasteiger partial charge in [0.25, 0.3) is 5.91 Å². The molecule has 0 bridgehead atoms. The maximum Gasteiger partial charge on any atom is 0.274 e. The lowest BCUT2D eigenvalue weighted by atomic mass is 10.2. The average Bonchev–Trinajstić information content (AvgIpc) is 3.28. The monoisotopic (exact) mass is 346 g/mol. The molecule has 0 radical (unpaired) electrons. The lowest BCUT2D eigenvalue weighted by Crippen LogP contribution is -2.44. The summed E-state index contributed by atoms with van der Waals surface area (Å²) in [6.07, 6.45) is 4.21. The average molecular weight is 346 g/mol. The highest BCUT2D eigenvalue weighted by molar-refractivity contribution is 5.92. The Kier molecular flexibility index (Phi) is 5.77. The number of aromatic amines is 1. The summed E-state index contributed by atoms with van der Waals surface area (Å²) >= 11 is 0. The Morgan fingerprint density at radius 2 is 2.16 bits per heavy atom. The Balaban J connectivity index is 1.54. The molecule has 0 saturated carbocycles. The van der Waals surface area contributed by atoms with Crippen LogP contribution >= 0.6 is 0 Å². The maximum atomic E-state index is 12.4. The van der Waals surface area contributed by atoms with Crippen molar-refractivity contribution in [2.45, 2.75) is 32.9 Å². The standard InChI is InChI=1S/C16H26N8O/c1-3-13(15-18-10-12(2)19-15)20-16(25)14-11-24(22-21-14)9-8-23-6-4-17-5-7-23/h10-11,13,17H,3-9H2,1-2H3,(H,18,19)(H,20,25)/t13-/m0/s1. The molecule has 1 aliphatic rings. The van der Waals surface area contributed by atoms with Gasteiger partial charge in [-0.1, -0.05) is 12.1 Å². The van der Waals surface area contributed by atoms with Gasteiger partial charge in [-0.3, -0.25) is 14.4 Å². The fourth-order valence-electron chi connectivity index (χ4n) is 2.90. The SMILES string of the molecule is CC[C@H](NC(=O)c1cn(CCN2CCNCC2)nn1)c1ncc(C)[nH]1. The summed E-state index contributed by atoms with van der Waals surface area (Å²) in [6.45, 7) is 9.73. The van der Waals surface area contributed by atoms with E-state index in [1.165, 1.54) is 0 Å². The van der Waals surface area contributed by atoms with Crippen molar-refractivity contribution in [3.05, 3.63) is 29.6 Å². The van der Waals surface area contributed by atoms with Gasteiger partial charge in [-0.05, 0) is 13.3 Å². The van der Waals surface area contributed by atoms with E-state index < -0.39 is 0 Å². The summed E-state index contributed by atoms with van der Waals surface area (Å²) in [5.74, 6) is 0.536. The fraction of sp³-hybridized carbons (Fsp3) is 0.625. The van der Waals surface area contributed by atoms with Crippen molar-refractivity contribution < 1.29 is 4.79 Å². The van der Waals surface area contributed by atoms with Crippen LogP contribution in [0, 0.1) is 6.92 Å². The first-order valence-electron chi connectivity index (χ1n) is 8.81. The van der Waals surface area contributed by atoms with E-state index in [-0.39, 0.29) is 11.9 Å².